The molecule has 8 heteroatoms. The summed E-state index contributed by atoms with van der Waals surface area (Å²) in [6.45, 7) is 13.1. The maximum Gasteiger partial charge on any atom is 0.191 e. The molecule has 3 heterocycles. The first-order valence-corrected chi connectivity index (χ1v) is 12.3. The van der Waals surface area contributed by atoms with Crippen molar-refractivity contribution < 1.29 is 4.74 Å². The highest BCUT2D eigenvalue weighted by Gasteiger charge is 2.39. The monoisotopic (exact) mass is 550 g/mol. The minimum Gasteiger partial charge on any atom is -0.383 e. The van der Waals surface area contributed by atoms with Crippen molar-refractivity contribution in [1.82, 2.24) is 25.3 Å². The molecule has 0 bridgehead atoms. The number of hydrogen-bond acceptors (Lipinski definition) is 5. The van der Waals surface area contributed by atoms with Gasteiger partial charge in [-0.25, -0.2) is 0 Å². The van der Waals surface area contributed by atoms with E-state index in [1.54, 1.807) is 7.11 Å². The van der Waals surface area contributed by atoms with Crippen molar-refractivity contribution in [3.63, 3.8) is 0 Å². The summed E-state index contributed by atoms with van der Waals surface area (Å²) in [6.07, 6.45) is 8.92. The molecule has 3 saturated heterocycles. The predicted molar refractivity (Wildman–Crippen MR) is 141 cm³/mol. The quantitative estimate of drug-likeness (QED) is 0.275. The van der Waals surface area contributed by atoms with E-state index in [0.717, 1.165) is 45.3 Å². The lowest BCUT2D eigenvalue weighted by molar-refractivity contribution is 0.0208. The van der Waals surface area contributed by atoms with Gasteiger partial charge in [0.25, 0.3) is 0 Å². The summed E-state index contributed by atoms with van der Waals surface area (Å²) in [5.41, 5.74) is 0.249. The molecule has 0 aromatic carbocycles. The van der Waals surface area contributed by atoms with E-state index in [-0.39, 0.29) is 29.5 Å². The number of hydrogen-bond donors (Lipinski definition) is 2. The van der Waals surface area contributed by atoms with E-state index in [4.69, 9.17) is 9.73 Å². The van der Waals surface area contributed by atoms with Gasteiger partial charge < -0.3 is 25.2 Å². The van der Waals surface area contributed by atoms with Gasteiger partial charge in [-0.2, -0.15) is 0 Å². The molecular weight excluding hydrogens is 503 g/mol. The maximum atomic E-state index is 5.23. The van der Waals surface area contributed by atoms with Crippen LogP contribution >= 0.6 is 24.0 Å². The van der Waals surface area contributed by atoms with E-state index in [1.807, 2.05) is 0 Å². The van der Waals surface area contributed by atoms with Crippen LogP contribution in [0.4, 0.5) is 0 Å². The fraction of sp³-hybridized carbons (Fsp3) is 0.957. The third-order valence-electron chi connectivity index (χ3n) is 7.36. The van der Waals surface area contributed by atoms with E-state index in [2.05, 4.69) is 39.3 Å². The Morgan fingerprint density at radius 2 is 1.71 bits per heavy atom. The van der Waals surface area contributed by atoms with Crippen LogP contribution in [-0.4, -0.2) is 112 Å². The van der Waals surface area contributed by atoms with E-state index >= 15 is 0 Å². The summed E-state index contributed by atoms with van der Waals surface area (Å²) in [6, 6.07) is 0.519. The Labute approximate surface area is 207 Å². The normalized spacial score (nSPS) is 24.5. The lowest BCUT2D eigenvalue weighted by Gasteiger charge is -2.49. The predicted octanol–water partition coefficient (Wildman–Crippen LogP) is 2.22. The topological polar surface area (TPSA) is 55.4 Å². The van der Waals surface area contributed by atoms with Gasteiger partial charge in [0.2, 0.25) is 0 Å². The van der Waals surface area contributed by atoms with Crippen molar-refractivity contribution in [2.45, 2.75) is 63.5 Å². The molecule has 182 valence electrons. The van der Waals surface area contributed by atoms with E-state index < -0.39 is 0 Å². The van der Waals surface area contributed by atoms with Gasteiger partial charge in [-0.1, -0.05) is 6.42 Å². The fourth-order valence-corrected chi connectivity index (χ4v) is 5.24. The molecular formula is C23H47IN6O. The number of guanidine groups is 1. The third-order valence-corrected chi connectivity index (χ3v) is 7.36. The Morgan fingerprint density at radius 3 is 2.32 bits per heavy atom. The van der Waals surface area contributed by atoms with Gasteiger partial charge in [0.1, 0.15) is 0 Å². The number of likely N-dealkylation sites (tertiary alicyclic amines) is 3. The number of nitrogens with zero attached hydrogens (tertiary/aromatic N) is 4. The number of aliphatic imine (C=N–C) groups is 1. The molecule has 0 radical (unpaired) electrons. The van der Waals surface area contributed by atoms with Crippen molar-refractivity contribution in [3.05, 3.63) is 0 Å². The van der Waals surface area contributed by atoms with E-state index in [0.29, 0.717) is 6.04 Å². The molecule has 0 aromatic rings. The van der Waals surface area contributed by atoms with Crippen LogP contribution in [0.3, 0.4) is 0 Å². The highest BCUT2D eigenvalue weighted by Crippen LogP contribution is 2.31. The molecule has 3 fully saturated rings. The highest BCUT2D eigenvalue weighted by atomic mass is 127. The standard InChI is InChI=1S/C23H46N6O.HI/c1-4-24-22(26-21-8-14-28(15-9-21)18-19-30-3)25-20-23(10-16-27(2)17-11-23)29-12-6-5-7-13-29;/h21H,4-20H2,1-3H3,(H2,24,25,26);1H. The first kappa shape index (κ1) is 27.1. The van der Waals surface area contributed by atoms with Crippen molar-refractivity contribution in [2.24, 2.45) is 4.99 Å². The number of methoxy groups -OCH3 is 1. The van der Waals surface area contributed by atoms with Crippen LogP contribution in [-0.2, 0) is 4.74 Å². The SMILES string of the molecule is CCNC(=NCC1(N2CCCCC2)CCN(C)CC1)NC1CCN(CCOC)CC1.I. The van der Waals surface area contributed by atoms with Gasteiger partial charge in [-0.3, -0.25) is 9.89 Å². The molecule has 0 unspecified atom stereocenters. The van der Waals surface area contributed by atoms with Crippen LogP contribution in [0.1, 0.15) is 51.9 Å². The Balaban J connectivity index is 0.00000341. The average Bonchev–Trinajstić information content (AvgIpc) is 2.79. The lowest BCUT2D eigenvalue weighted by atomic mass is 9.84. The van der Waals surface area contributed by atoms with Crippen LogP contribution in [0.2, 0.25) is 0 Å². The van der Waals surface area contributed by atoms with Crippen LogP contribution in [0.15, 0.2) is 4.99 Å². The first-order chi connectivity index (χ1) is 14.6. The van der Waals surface area contributed by atoms with Gasteiger partial charge in [0.15, 0.2) is 5.96 Å². The summed E-state index contributed by atoms with van der Waals surface area (Å²) < 4.78 is 5.23. The second-order valence-electron chi connectivity index (χ2n) is 9.52. The summed E-state index contributed by atoms with van der Waals surface area (Å²) in [4.78, 5) is 12.9. The molecule has 7 nitrogen and oxygen atoms in total. The fourth-order valence-electron chi connectivity index (χ4n) is 5.24. The van der Waals surface area contributed by atoms with E-state index in [9.17, 15) is 0 Å². The molecule has 0 spiro atoms. The molecule has 31 heavy (non-hydrogen) atoms. The van der Waals surface area contributed by atoms with Gasteiger partial charge in [-0.05, 0) is 78.7 Å². The number of piperidine rings is 3. The Bertz CT molecular complexity index is 512. The first-order valence-electron chi connectivity index (χ1n) is 12.3. The van der Waals surface area contributed by atoms with Crippen molar-refractivity contribution in [2.75, 3.05) is 79.7 Å². The molecule has 0 atom stereocenters. The third kappa shape index (κ3) is 8.28. The molecule has 2 N–H and O–H groups in total. The zero-order chi connectivity index (χ0) is 21.2. The van der Waals surface area contributed by atoms with Gasteiger partial charge >= 0.3 is 0 Å². The van der Waals surface area contributed by atoms with Gasteiger partial charge in [0.05, 0.1) is 13.2 Å². The second kappa shape index (κ2) is 14.2. The Morgan fingerprint density at radius 1 is 1.03 bits per heavy atom. The minimum atomic E-state index is 0. The van der Waals surface area contributed by atoms with Crippen molar-refractivity contribution in [1.29, 1.82) is 0 Å². The van der Waals surface area contributed by atoms with Gasteiger partial charge in [-0.15, -0.1) is 24.0 Å². The van der Waals surface area contributed by atoms with Crippen molar-refractivity contribution in [3.8, 4) is 0 Å². The molecule has 3 rings (SSSR count). The van der Waals surface area contributed by atoms with Gasteiger partial charge in [0, 0.05) is 44.9 Å². The summed E-state index contributed by atoms with van der Waals surface area (Å²) in [5, 5.41) is 7.27. The molecule has 0 amide bonds. The number of nitrogens with one attached hydrogen (secondary N) is 2. The zero-order valence-electron chi connectivity index (χ0n) is 20.2. The maximum absolute atomic E-state index is 5.23. The Hall–Kier alpha value is -0.160. The zero-order valence-corrected chi connectivity index (χ0v) is 22.5. The number of ether oxygens (including phenoxy) is 1. The largest absolute Gasteiger partial charge is 0.383 e. The smallest absolute Gasteiger partial charge is 0.191 e. The van der Waals surface area contributed by atoms with Crippen LogP contribution < -0.4 is 10.6 Å². The summed E-state index contributed by atoms with van der Waals surface area (Å²) >= 11 is 0. The number of halogens is 1. The average molecular weight is 551 g/mol. The summed E-state index contributed by atoms with van der Waals surface area (Å²) in [5.74, 6) is 1.02. The molecule has 0 aromatic heterocycles. The molecule has 0 aliphatic carbocycles. The molecule has 0 saturated carbocycles. The minimum absolute atomic E-state index is 0. The Kier molecular flexibility index (Phi) is 12.4. The lowest BCUT2D eigenvalue weighted by Crippen LogP contribution is -2.58. The molecule has 3 aliphatic rings. The van der Waals surface area contributed by atoms with Crippen LogP contribution in [0, 0.1) is 0 Å². The van der Waals surface area contributed by atoms with Crippen molar-refractivity contribution >= 4 is 29.9 Å². The van der Waals surface area contributed by atoms with Crippen LogP contribution in [0.25, 0.3) is 0 Å². The van der Waals surface area contributed by atoms with Crippen LogP contribution in [0.5, 0.6) is 0 Å². The number of rotatable bonds is 8. The summed E-state index contributed by atoms with van der Waals surface area (Å²) in [7, 11) is 4.04. The van der Waals surface area contributed by atoms with E-state index in [1.165, 1.54) is 71.1 Å². The molecule has 3 aliphatic heterocycles. The highest BCUT2D eigenvalue weighted by molar-refractivity contribution is 14.0. The second-order valence-corrected chi connectivity index (χ2v) is 9.52.